The van der Waals surface area contributed by atoms with E-state index >= 15 is 0 Å². The molecule has 0 aliphatic rings. The van der Waals surface area contributed by atoms with Crippen molar-refractivity contribution in [2.45, 2.75) is 219 Å². The third kappa shape index (κ3) is 28.8. The van der Waals surface area contributed by atoms with E-state index in [1.54, 1.807) is 0 Å². The fourth-order valence-corrected chi connectivity index (χ4v) is 5.63. The minimum atomic E-state index is -1.22. The highest BCUT2D eigenvalue weighted by atomic mass is 16.6. The van der Waals surface area contributed by atoms with Crippen LogP contribution in [0.1, 0.15) is 206 Å². The van der Waals surface area contributed by atoms with E-state index in [4.69, 9.17) is 4.74 Å². The molecule has 0 aliphatic heterocycles. The van der Waals surface area contributed by atoms with Gasteiger partial charge < -0.3 is 14.9 Å². The third-order valence-electron chi connectivity index (χ3n) is 8.46. The highest BCUT2D eigenvalue weighted by molar-refractivity contribution is 5.80. The van der Waals surface area contributed by atoms with Crippen LogP contribution in [-0.2, 0) is 14.3 Å². The molecule has 2 N–H and O–H groups in total. The molecule has 0 amide bonds. The molecule has 2 atom stereocenters. The van der Waals surface area contributed by atoms with E-state index in [1.807, 2.05) is 0 Å². The summed E-state index contributed by atoms with van der Waals surface area (Å²) in [6, 6.07) is 0. The molecule has 0 saturated carbocycles. The van der Waals surface area contributed by atoms with Crippen molar-refractivity contribution >= 4 is 11.9 Å². The quantitative estimate of drug-likeness (QED) is 0.0594. The molecule has 0 saturated heterocycles. The van der Waals surface area contributed by atoms with Crippen LogP contribution in [-0.4, -0.2) is 34.4 Å². The number of carbonyl (C=O) groups excluding carboxylic acids is 1. The summed E-state index contributed by atoms with van der Waals surface area (Å²) in [5, 5.41) is 19.6. The number of carbonyl (C=O) groups is 2. The third-order valence-corrected chi connectivity index (χ3v) is 8.46. The standard InChI is InChI=1S/C36H70O5/c1-3-5-7-9-11-13-15-17-19-21-23-25-27-29-31-33(37)36(40)41-34(35(38)39)32-30-28-26-24-22-20-18-16-14-12-10-8-6-4-2/h33-34,37H,3-32H2,1-2H3,(H,38,39). The molecule has 0 aliphatic carbocycles. The highest BCUT2D eigenvalue weighted by Gasteiger charge is 2.25. The predicted molar refractivity (Wildman–Crippen MR) is 173 cm³/mol. The zero-order chi connectivity index (χ0) is 30.2. The zero-order valence-electron chi connectivity index (χ0n) is 27.5. The number of unbranched alkanes of at least 4 members (excludes halogenated alkanes) is 26. The van der Waals surface area contributed by atoms with Gasteiger partial charge in [0.2, 0.25) is 0 Å². The molecule has 0 bridgehead atoms. The lowest BCUT2D eigenvalue weighted by atomic mass is 10.0. The van der Waals surface area contributed by atoms with Gasteiger partial charge in [-0.2, -0.15) is 0 Å². The number of aliphatic hydroxyl groups excluding tert-OH is 1. The van der Waals surface area contributed by atoms with Gasteiger partial charge in [0.05, 0.1) is 0 Å². The van der Waals surface area contributed by atoms with E-state index in [-0.39, 0.29) is 0 Å². The fraction of sp³-hybridized carbons (Fsp3) is 0.944. The molecule has 0 rings (SSSR count). The maximum Gasteiger partial charge on any atom is 0.345 e. The highest BCUT2D eigenvalue weighted by Crippen LogP contribution is 2.17. The molecular weight excluding hydrogens is 512 g/mol. The number of esters is 1. The molecule has 0 radical (unpaired) electrons. The summed E-state index contributed by atoms with van der Waals surface area (Å²) in [5.41, 5.74) is 0. The number of aliphatic hydroxyl groups is 1. The number of rotatable bonds is 33. The minimum Gasteiger partial charge on any atom is -0.479 e. The van der Waals surface area contributed by atoms with Crippen molar-refractivity contribution in [1.29, 1.82) is 0 Å². The first kappa shape index (κ1) is 39.9. The SMILES string of the molecule is CCCCCCCCCCCCCCCCC(O)C(=O)OC(CCCCCCCCCCCCCCCC)C(=O)O. The molecule has 0 aromatic rings. The molecule has 0 spiro atoms. The summed E-state index contributed by atoms with van der Waals surface area (Å²) in [6.07, 6.45) is 33.3. The topological polar surface area (TPSA) is 83.8 Å². The summed E-state index contributed by atoms with van der Waals surface area (Å²) in [7, 11) is 0. The Labute approximate surface area is 255 Å². The summed E-state index contributed by atoms with van der Waals surface area (Å²) in [4.78, 5) is 23.8. The number of carboxylic acids is 1. The van der Waals surface area contributed by atoms with Gasteiger partial charge in [0, 0.05) is 0 Å². The van der Waals surface area contributed by atoms with E-state index in [1.165, 1.54) is 141 Å². The van der Waals surface area contributed by atoms with Gasteiger partial charge >= 0.3 is 11.9 Å². The Morgan fingerprint density at radius 2 is 0.732 bits per heavy atom. The molecule has 0 aromatic heterocycles. The molecule has 0 aromatic carbocycles. The Hall–Kier alpha value is -1.10. The fourth-order valence-electron chi connectivity index (χ4n) is 5.63. The Morgan fingerprint density at radius 1 is 0.463 bits per heavy atom. The van der Waals surface area contributed by atoms with Gasteiger partial charge in [-0.25, -0.2) is 9.59 Å². The van der Waals surface area contributed by atoms with Crippen molar-refractivity contribution in [1.82, 2.24) is 0 Å². The molecule has 41 heavy (non-hydrogen) atoms. The van der Waals surface area contributed by atoms with Gasteiger partial charge in [0.15, 0.2) is 12.2 Å². The summed E-state index contributed by atoms with van der Waals surface area (Å²) >= 11 is 0. The molecular formula is C36H70O5. The van der Waals surface area contributed by atoms with E-state index in [2.05, 4.69) is 13.8 Å². The lowest BCUT2D eigenvalue weighted by Crippen LogP contribution is -2.32. The molecule has 0 heterocycles. The smallest absolute Gasteiger partial charge is 0.345 e. The Morgan fingerprint density at radius 3 is 1.02 bits per heavy atom. The monoisotopic (exact) mass is 583 g/mol. The van der Waals surface area contributed by atoms with Crippen LogP contribution in [0.15, 0.2) is 0 Å². The van der Waals surface area contributed by atoms with Gasteiger partial charge in [0.25, 0.3) is 0 Å². The van der Waals surface area contributed by atoms with Crippen LogP contribution in [0, 0.1) is 0 Å². The zero-order valence-corrected chi connectivity index (χ0v) is 27.5. The van der Waals surface area contributed by atoms with Crippen molar-refractivity contribution in [3.8, 4) is 0 Å². The second kappa shape index (κ2) is 31.8. The van der Waals surface area contributed by atoms with Crippen LogP contribution < -0.4 is 0 Å². The summed E-state index contributed by atoms with van der Waals surface area (Å²) < 4.78 is 5.17. The first-order valence-electron chi connectivity index (χ1n) is 18.1. The van der Waals surface area contributed by atoms with Crippen molar-refractivity contribution in [3.63, 3.8) is 0 Å². The molecule has 244 valence electrons. The number of carboxylic acid groups (broad SMARTS) is 1. The molecule has 0 fully saturated rings. The van der Waals surface area contributed by atoms with Crippen LogP contribution in [0.25, 0.3) is 0 Å². The normalized spacial score (nSPS) is 12.9. The summed E-state index contributed by atoms with van der Waals surface area (Å²) in [5.74, 6) is -1.89. The number of hydrogen-bond donors (Lipinski definition) is 2. The second-order valence-corrected chi connectivity index (χ2v) is 12.5. The maximum absolute atomic E-state index is 12.2. The molecule has 5 nitrogen and oxygen atoms in total. The van der Waals surface area contributed by atoms with E-state index in [9.17, 15) is 19.8 Å². The van der Waals surface area contributed by atoms with Crippen LogP contribution in [0.5, 0.6) is 0 Å². The predicted octanol–water partition coefficient (Wildman–Crippen LogP) is 11.1. The lowest BCUT2D eigenvalue weighted by Gasteiger charge is -2.16. The first-order chi connectivity index (χ1) is 20.0. The van der Waals surface area contributed by atoms with Crippen LogP contribution >= 0.6 is 0 Å². The lowest BCUT2D eigenvalue weighted by molar-refractivity contribution is -0.170. The number of aliphatic carboxylic acids is 1. The number of hydrogen-bond acceptors (Lipinski definition) is 4. The van der Waals surface area contributed by atoms with Gasteiger partial charge in [-0.1, -0.05) is 187 Å². The van der Waals surface area contributed by atoms with Crippen LogP contribution in [0.3, 0.4) is 0 Å². The number of ether oxygens (including phenoxy) is 1. The Balaban J connectivity index is 3.66. The maximum atomic E-state index is 12.2. The van der Waals surface area contributed by atoms with E-state index < -0.39 is 24.1 Å². The largest absolute Gasteiger partial charge is 0.479 e. The minimum absolute atomic E-state index is 0.324. The van der Waals surface area contributed by atoms with E-state index in [0.29, 0.717) is 12.8 Å². The Kier molecular flexibility index (Phi) is 31.0. The van der Waals surface area contributed by atoms with Gasteiger partial charge in [0.1, 0.15) is 0 Å². The average Bonchev–Trinajstić information content (AvgIpc) is 2.96. The van der Waals surface area contributed by atoms with Crippen molar-refractivity contribution in [2.24, 2.45) is 0 Å². The van der Waals surface area contributed by atoms with Crippen molar-refractivity contribution < 1.29 is 24.5 Å². The van der Waals surface area contributed by atoms with E-state index in [0.717, 1.165) is 38.5 Å². The summed E-state index contributed by atoms with van der Waals surface area (Å²) in [6.45, 7) is 4.52. The second-order valence-electron chi connectivity index (χ2n) is 12.5. The van der Waals surface area contributed by atoms with Crippen molar-refractivity contribution in [2.75, 3.05) is 0 Å². The van der Waals surface area contributed by atoms with Gasteiger partial charge in [-0.05, 0) is 19.3 Å². The average molecular weight is 583 g/mol. The molecule has 2 unspecified atom stereocenters. The van der Waals surface area contributed by atoms with Crippen LogP contribution in [0.4, 0.5) is 0 Å². The Bertz CT molecular complexity index is 564. The van der Waals surface area contributed by atoms with Gasteiger partial charge in [-0.3, -0.25) is 0 Å². The van der Waals surface area contributed by atoms with Crippen LogP contribution in [0.2, 0.25) is 0 Å². The molecule has 5 heteroatoms. The van der Waals surface area contributed by atoms with Gasteiger partial charge in [-0.15, -0.1) is 0 Å². The first-order valence-corrected chi connectivity index (χ1v) is 18.1. The van der Waals surface area contributed by atoms with Crippen molar-refractivity contribution in [3.05, 3.63) is 0 Å².